The Bertz CT molecular complexity index is 676. The molecule has 0 atom stereocenters. The molecule has 6 nitrogen and oxygen atoms in total. The second kappa shape index (κ2) is 8.87. The molecule has 1 heterocycles. The minimum absolute atomic E-state index is 0.307. The van der Waals surface area contributed by atoms with E-state index in [0.29, 0.717) is 26.2 Å². The standard InChI is InChI=1S/C19H29N3O3/c1-19(2,3)25-18(23)22(11-12-24-4)10-9-20-13-15-14-21-17-8-6-5-7-16(15)17/h5-8,14,20-21H,9-13H2,1-4H3. The van der Waals surface area contributed by atoms with Gasteiger partial charge in [0.25, 0.3) is 0 Å². The third kappa shape index (κ3) is 6.07. The third-order valence-corrected chi connectivity index (χ3v) is 3.77. The van der Waals surface area contributed by atoms with Crippen LogP contribution in [0.3, 0.4) is 0 Å². The van der Waals surface area contributed by atoms with Gasteiger partial charge in [0, 0.05) is 50.4 Å². The van der Waals surface area contributed by atoms with Crippen LogP contribution in [0, 0.1) is 0 Å². The van der Waals surface area contributed by atoms with Gasteiger partial charge in [0.05, 0.1) is 6.61 Å². The monoisotopic (exact) mass is 347 g/mol. The molecule has 0 unspecified atom stereocenters. The molecule has 6 heteroatoms. The van der Waals surface area contributed by atoms with Crippen LogP contribution in [-0.4, -0.2) is 54.9 Å². The van der Waals surface area contributed by atoms with Gasteiger partial charge >= 0.3 is 6.09 Å². The summed E-state index contributed by atoms with van der Waals surface area (Å²) in [5.74, 6) is 0. The lowest BCUT2D eigenvalue weighted by Crippen LogP contribution is -2.42. The molecule has 0 bridgehead atoms. The second-order valence-corrected chi connectivity index (χ2v) is 7.00. The van der Waals surface area contributed by atoms with Crippen LogP contribution in [0.5, 0.6) is 0 Å². The Balaban J connectivity index is 1.84. The van der Waals surface area contributed by atoms with Crippen LogP contribution in [0.15, 0.2) is 30.5 Å². The van der Waals surface area contributed by atoms with Crippen molar-refractivity contribution in [2.24, 2.45) is 0 Å². The highest BCUT2D eigenvalue weighted by atomic mass is 16.6. The van der Waals surface area contributed by atoms with E-state index in [2.05, 4.69) is 22.4 Å². The molecule has 2 rings (SSSR count). The van der Waals surface area contributed by atoms with Crippen molar-refractivity contribution in [3.8, 4) is 0 Å². The van der Waals surface area contributed by atoms with Gasteiger partial charge in [-0.1, -0.05) is 18.2 Å². The smallest absolute Gasteiger partial charge is 0.410 e. The van der Waals surface area contributed by atoms with Crippen molar-refractivity contribution in [1.29, 1.82) is 0 Å². The Morgan fingerprint density at radius 3 is 2.72 bits per heavy atom. The third-order valence-electron chi connectivity index (χ3n) is 3.77. The van der Waals surface area contributed by atoms with Gasteiger partial charge in [-0.05, 0) is 32.4 Å². The number of para-hydroxylation sites is 1. The number of aromatic amines is 1. The maximum atomic E-state index is 12.3. The summed E-state index contributed by atoms with van der Waals surface area (Å²) in [6.45, 7) is 8.61. The van der Waals surface area contributed by atoms with Gasteiger partial charge in [0.1, 0.15) is 5.60 Å². The number of aromatic nitrogens is 1. The summed E-state index contributed by atoms with van der Waals surface area (Å²) in [4.78, 5) is 17.2. The van der Waals surface area contributed by atoms with Gasteiger partial charge in [0.2, 0.25) is 0 Å². The number of amides is 1. The first-order valence-electron chi connectivity index (χ1n) is 8.63. The number of hydrogen-bond acceptors (Lipinski definition) is 4. The zero-order chi connectivity index (χ0) is 18.3. The van der Waals surface area contributed by atoms with E-state index in [1.165, 1.54) is 10.9 Å². The van der Waals surface area contributed by atoms with Crippen molar-refractivity contribution in [3.63, 3.8) is 0 Å². The molecule has 0 fully saturated rings. The molecule has 0 aliphatic rings. The van der Waals surface area contributed by atoms with Crippen LogP contribution in [0.4, 0.5) is 4.79 Å². The maximum absolute atomic E-state index is 12.3. The molecule has 2 aromatic rings. The van der Waals surface area contributed by atoms with Gasteiger partial charge in [0.15, 0.2) is 0 Å². The van der Waals surface area contributed by atoms with E-state index >= 15 is 0 Å². The largest absolute Gasteiger partial charge is 0.444 e. The zero-order valence-electron chi connectivity index (χ0n) is 15.6. The first-order chi connectivity index (χ1) is 11.9. The maximum Gasteiger partial charge on any atom is 0.410 e. The molecule has 0 radical (unpaired) electrons. The molecule has 0 aliphatic carbocycles. The van der Waals surface area contributed by atoms with Crippen LogP contribution in [0.2, 0.25) is 0 Å². The van der Waals surface area contributed by atoms with Crippen molar-refractivity contribution in [2.75, 3.05) is 33.4 Å². The highest BCUT2D eigenvalue weighted by Crippen LogP contribution is 2.17. The number of H-pyrrole nitrogens is 1. The number of methoxy groups -OCH3 is 1. The Labute approximate surface area is 149 Å². The molecule has 1 aromatic heterocycles. The highest BCUT2D eigenvalue weighted by molar-refractivity contribution is 5.82. The topological polar surface area (TPSA) is 66.6 Å². The predicted octanol–water partition coefficient (Wildman–Crippen LogP) is 3.14. The zero-order valence-corrected chi connectivity index (χ0v) is 15.6. The van der Waals surface area contributed by atoms with E-state index in [1.807, 2.05) is 39.1 Å². The summed E-state index contributed by atoms with van der Waals surface area (Å²) < 4.78 is 10.5. The van der Waals surface area contributed by atoms with Crippen LogP contribution < -0.4 is 5.32 Å². The molecular formula is C19H29N3O3. The fourth-order valence-electron chi connectivity index (χ4n) is 2.54. The number of benzene rings is 1. The highest BCUT2D eigenvalue weighted by Gasteiger charge is 2.21. The van der Waals surface area contributed by atoms with Crippen molar-refractivity contribution in [1.82, 2.24) is 15.2 Å². The molecule has 2 N–H and O–H groups in total. The number of nitrogens with zero attached hydrogens (tertiary/aromatic N) is 1. The van der Waals surface area contributed by atoms with Gasteiger partial charge in [-0.2, -0.15) is 0 Å². The lowest BCUT2D eigenvalue weighted by Gasteiger charge is -2.27. The molecule has 138 valence electrons. The lowest BCUT2D eigenvalue weighted by molar-refractivity contribution is 0.0204. The molecule has 0 saturated carbocycles. The lowest BCUT2D eigenvalue weighted by atomic mass is 10.2. The SMILES string of the molecule is COCCN(CCNCc1c[nH]c2ccccc12)C(=O)OC(C)(C)C. The Morgan fingerprint density at radius 1 is 1.24 bits per heavy atom. The van der Waals surface area contributed by atoms with E-state index in [4.69, 9.17) is 9.47 Å². The first-order valence-corrected chi connectivity index (χ1v) is 8.63. The van der Waals surface area contributed by atoms with Gasteiger partial charge in [-0.15, -0.1) is 0 Å². The number of carbonyl (C=O) groups is 1. The van der Waals surface area contributed by atoms with E-state index in [1.54, 1.807) is 12.0 Å². The van der Waals surface area contributed by atoms with Crippen LogP contribution in [0.25, 0.3) is 10.9 Å². The summed E-state index contributed by atoms with van der Waals surface area (Å²) in [5, 5.41) is 4.62. The minimum Gasteiger partial charge on any atom is -0.444 e. The van der Waals surface area contributed by atoms with Crippen molar-refractivity contribution < 1.29 is 14.3 Å². The van der Waals surface area contributed by atoms with E-state index in [9.17, 15) is 4.79 Å². The molecule has 25 heavy (non-hydrogen) atoms. The molecule has 0 spiro atoms. The van der Waals surface area contributed by atoms with E-state index in [-0.39, 0.29) is 6.09 Å². The molecular weight excluding hydrogens is 318 g/mol. The number of carbonyl (C=O) groups excluding carboxylic acids is 1. The predicted molar refractivity (Wildman–Crippen MR) is 99.7 cm³/mol. The average Bonchev–Trinajstić information content (AvgIpc) is 2.96. The molecule has 1 amide bonds. The van der Waals surface area contributed by atoms with Gasteiger partial charge in [-0.3, -0.25) is 0 Å². The summed E-state index contributed by atoms with van der Waals surface area (Å²) in [6.07, 6.45) is 1.72. The Morgan fingerprint density at radius 2 is 2.00 bits per heavy atom. The van der Waals surface area contributed by atoms with Crippen LogP contribution in [0.1, 0.15) is 26.3 Å². The summed E-state index contributed by atoms with van der Waals surface area (Å²) in [7, 11) is 1.63. The fourth-order valence-corrected chi connectivity index (χ4v) is 2.54. The Hall–Kier alpha value is -2.05. The normalized spacial score (nSPS) is 11.7. The number of fused-ring (bicyclic) bond motifs is 1. The van der Waals surface area contributed by atoms with Gasteiger partial charge < -0.3 is 24.7 Å². The molecule has 0 saturated heterocycles. The van der Waals surface area contributed by atoms with E-state index in [0.717, 1.165) is 12.1 Å². The first kappa shape index (κ1) is 19.3. The summed E-state index contributed by atoms with van der Waals surface area (Å²) >= 11 is 0. The van der Waals surface area contributed by atoms with E-state index < -0.39 is 5.60 Å². The van der Waals surface area contributed by atoms with Crippen molar-refractivity contribution in [3.05, 3.63) is 36.0 Å². The number of ether oxygens (including phenoxy) is 2. The van der Waals surface area contributed by atoms with Gasteiger partial charge in [-0.25, -0.2) is 4.79 Å². The van der Waals surface area contributed by atoms with Crippen molar-refractivity contribution >= 4 is 17.0 Å². The minimum atomic E-state index is -0.500. The fraction of sp³-hybridized carbons (Fsp3) is 0.526. The molecule has 1 aromatic carbocycles. The van der Waals surface area contributed by atoms with Crippen molar-refractivity contribution in [2.45, 2.75) is 32.9 Å². The number of nitrogens with one attached hydrogen (secondary N) is 2. The average molecular weight is 347 g/mol. The second-order valence-electron chi connectivity index (χ2n) is 7.00. The quantitative estimate of drug-likeness (QED) is 0.720. The van der Waals surface area contributed by atoms with Crippen LogP contribution >= 0.6 is 0 Å². The number of rotatable bonds is 8. The molecule has 0 aliphatic heterocycles. The summed E-state index contributed by atoms with van der Waals surface area (Å²) in [5.41, 5.74) is 1.85. The summed E-state index contributed by atoms with van der Waals surface area (Å²) in [6, 6.07) is 8.22. The Kier molecular flexibility index (Phi) is 6.84. The van der Waals surface area contributed by atoms with Crippen LogP contribution in [-0.2, 0) is 16.0 Å². The number of hydrogen-bond donors (Lipinski definition) is 2.